The molecule has 1 aliphatic rings. The molecule has 98 valence electrons. The molecule has 1 rings (SSSR count). The van der Waals surface area contributed by atoms with Crippen LogP contribution in [0.5, 0.6) is 0 Å². The number of methoxy groups -OCH3 is 1. The first-order valence-electron chi connectivity index (χ1n) is 5.73. The Morgan fingerprint density at radius 1 is 1.41 bits per heavy atom. The van der Waals surface area contributed by atoms with Gasteiger partial charge in [-0.1, -0.05) is 0 Å². The Hall–Kier alpha value is -1.14. The van der Waals surface area contributed by atoms with E-state index in [1.807, 2.05) is 0 Å². The fraction of sp³-hybridized carbons (Fsp3) is 0.818. The zero-order chi connectivity index (χ0) is 12.7. The number of carboxylic acid groups (broad SMARTS) is 1. The van der Waals surface area contributed by atoms with E-state index < -0.39 is 5.97 Å². The molecule has 1 saturated heterocycles. The Morgan fingerprint density at radius 2 is 2.06 bits per heavy atom. The maximum absolute atomic E-state index is 11.9. The maximum atomic E-state index is 11.9. The second-order valence-electron chi connectivity index (χ2n) is 4.00. The van der Waals surface area contributed by atoms with Gasteiger partial charge >= 0.3 is 5.97 Å². The zero-order valence-corrected chi connectivity index (χ0v) is 10.1. The SMILES string of the molecule is COCCC(=O)N(CC(=O)O)C1CCOCC1. The Bertz CT molecular complexity index is 263. The lowest BCUT2D eigenvalue weighted by Gasteiger charge is -2.33. The molecule has 1 aliphatic heterocycles. The first-order valence-corrected chi connectivity index (χ1v) is 5.73. The number of carbonyl (C=O) groups excluding carboxylic acids is 1. The second kappa shape index (κ2) is 7.24. The number of hydrogen-bond acceptors (Lipinski definition) is 4. The van der Waals surface area contributed by atoms with Gasteiger partial charge in [0.05, 0.1) is 13.0 Å². The highest BCUT2D eigenvalue weighted by Crippen LogP contribution is 2.15. The van der Waals surface area contributed by atoms with Crippen LogP contribution >= 0.6 is 0 Å². The lowest BCUT2D eigenvalue weighted by molar-refractivity contribution is -0.148. The third kappa shape index (κ3) is 4.70. The highest BCUT2D eigenvalue weighted by molar-refractivity contribution is 5.81. The fourth-order valence-electron chi connectivity index (χ4n) is 1.90. The molecule has 17 heavy (non-hydrogen) atoms. The van der Waals surface area contributed by atoms with E-state index in [1.165, 1.54) is 12.0 Å². The van der Waals surface area contributed by atoms with Crippen LogP contribution in [0.15, 0.2) is 0 Å². The average molecular weight is 245 g/mol. The zero-order valence-electron chi connectivity index (χ0n) is 10.1. The molecular weight excluding hydrogens is 226 g/mol. The minimum atomic E-state index is -0.984. The fourth-order valence-corrected chi connectivity index (χ4v) is 1.90. The molecule has 1 N–H and O–H groups in total. The summed E-state index contributed by atoms with van der Waals surface area (Å²) >= 11 is 0. The molecule has 1 heterocycles. The molecule has 0 unspecified atom stereocenters. The normalized spacial score (nSPS) is 16.8. The van der Waals surface area contributed by atoms with Gasteiger partial charge in [-0.05, 0) is 12.8 Å². The van der Waals surface area contributed by atoms with Gasteiger partial charge in [0.2, 0.25) is 5.91 Å². The number of hydrogen-bond donors (Lipinski definition) is 1. The van der Waals surface area contributed by atoms with Gasteiger partial charge < -0.3 is 19.5 Å². The van der Waals surface area contributed by atoms with Gasteiger partial charge in [0.1, 0.15) is 6.54 Å². The van der Waals surface area contributed by atoms with Crippen molar-refractivity contribution in [2.75, 3.05) is 33.5 Å². The summed E-state index contributed by atoms with van der Waals surface area (Å²) in [6.45, 7) is 1.24. The summed E-state index contributed by atoms with van der Waals surface area (Å²) in [7, 11) is 1.52. The summed E-state index contributed by atoms with van der Waals surface area (Å²) in [5.41, 5.74) is 0. The maximum Gasteiger partial charge on any atom is 0.323 e. The molecule has 0 aromatic rings. The summed E-state index contributed by atoms with van der Waals surface area (Å²) < 4.78 is 10.0. The molecule has 1 amide bonds. The van der Waals surface area contributed by atoms with E-state index in [1.54, 1.807) is 0 Å². The molecule has 6 heteroatoms. The van der Waals surface area contributed by atoms with E-state index in [-0.39, 0.29) is 24.9 Å². The second-order valence-corrected chi connectivity index (χ2v) is 4.00. The van der Waals surface area contributed by atoms with Gasteiger partial charge in [-0.2, -0.15) is 0 Å². The van der Waals surface area contributed by atoms with E-state index in [9.17, 15) is 9.59 Å². The molecule has 0 saturated carbocycles. The number of amides is 1. The Balaban J connectivity index is 2.57. The van der Waals surface area contributed by atoms with E-state index >= 15 is 0 Å². The van der Waals surface area contributed by atoms with Crippen LogP contribution in [-0.4, -0.2) is 61.4 Å². The molecule has 0 radical (unpaired) electrons. The van der Waals surface area contributed by atoms with Crippen molar-refractivity contribution in [3.8, 4) is 0 Å². The lowest BCUT2D eigenvalue weighted by atomic mass is 10.1. The monoisotopic (exact) mass is 245 g/mol. The average Bonchev–Trinajstić information content (AvgIpc) is 2.34. The smallest absolute Gasteiger partial charge is 0.323 e. The third-order valence-electron chi connectivity index (χ3n) is 2.78. The van der Waals surface area contributed by atoms with Crippen molar-refractivity contribution in [3.05, 3.63) is 0 Å². The molecule has 0 atom stereocenters. The summed E-state index contributed by atoms with van der Waals surface area (Å²) in [5.74, 6) is -1.15. The molecule has 0 bridgehead atoms. The van der Waals surface area contributed by atoms with Crippen LogP contribution in [0.3, 0.4) is 0 Å². The number of aliphatic carboxylic acids is 1. The molecule has 0 aromatic heterocycles. The lowest BCUT2D eigenvalue weighted by Crippen LogP contribution is -2.46. The van der Waals surface area contributed by atoms with E-state index in [4.69, 9.17) is 14.6 Å². The van der Waals surface area contributed by atoms with Gasteiger partial charge in [-0.3, -0.25) is 9.59 Å². The van der Waals surface area contributed by atoms with Crippen molar-refractivity contribution in [1.29, 1.82) is 0 Å². The Kier molecular flexibility index (Phi) is 5.93. The largest absolute Gasteiger partial charge is 0.480 e. The van der Waals surface area contributed by atoms with Crippen LogP contribution in [0.25, 0.3) is 0 Å². The van der Waals surface area contributed by atoms with E-state index in [0.717, 1.165) is 0 Å². The number of nitrogens with zero attached hydrogens (tertiary/aromatic N) is 1. The topological polar surface area (TPSA) is 76.1 Å². The van der Waals surface area contributed by atoms with Crippen molar-refractivity contribution < 1.29 is 24.2 Å². The predicted octanol–water partition coefficient (Wildman–Crippen LogP) is 0.115. The Labute approximate surface area is 100 Å². The first-order chi connectivity index (χ1) is 8.15. The minimum absolute atomic E-state index is 0.0239. The van der Waals surface area contributed by atoms with Gasteiger partial charge in [-0.25, -0.2) is 0 Å². The molecule has 0 spiro atoms. The van der Waals surface area contributed by atoms with Crippen molar-refractivity contribution in [3.63, 3.8) is 0 Å². The van der Waals surface area contributed by atoms with Gasteiger partial charge in [0, 0.05) is 26.4 Å². The number of carboxylic acids is 1. The van der Waals surface area contributed by atoms with Crippen molar-refractivity contribution in [1.82, 2.24) is 4.90 Å². The number of rotatable bonds is 6. The summed E-state index contributed by atoms with van der Waals surface area (Å²) in [5, 5.41) is 8.83. The van der Waals surface area contributed by atoms with Crippen molar-refractivity contribution in [2.24, 2.45) is 0 Å². The van der Waals surface area contributed by atoms with Gasteiger partial charge in [-0.15, -0.1) is 0 Å². The molecule has 0 aliphatic carbocycles. The summed E-state index contributed by atoms with van der Waals surface area (Å²) in [6, 6.07) is -0.0239. The highest BCUT2D eigenvalue weighted by atomic mass is 16.5. The number of carbonyl (C=O) groups is 2. The van der Waals surface area contributed by atoms with E-state index in [0.29, 0.717) is 32.7 Å². The van der Waals surface area contributed by atoms with Crippen LogP contribution in [0.2, 0.25) is 0 Å². The number of ether oxygens (including phenoxy) is 2. The highest BCUT2D eigenvalue weighted by Gasteiger charge is 2.27. The molecule has 1 fully saturated rings. The van der Waals surface area contributed by atoms with Crippen LogP contribution in [0.1, 0.15) is 19.3 Å². The minimum Gasteiger partial charge on any atom is -0.480 e. The van der Waals surface area contributed by atoms with E-state index in [2.05, 4.69) is 0 Å². The molecule has 6 nitrogen and oxygen atoms in total. The standard InChI is InChI=1S/C11H19NO5/c1-16-5-4-10(13)12(8-11(14)15)9-2-6-17-7-3-9/h9H,2-8H2,1H3,(H,14,15). The van der Waals surface area contributed by atoms with Crippen LogP contribution < -0.4 is 0 Å². The summed E-state index contributed by atoms with van der Waals surface area (Å²) in [4.78, 5) is 24.1. The van der Waals surface area contributed by atoms with Crippen molar-refractivity contribution in [2.45, 2.75) is 25.3 Å². The van der Waals surface area contributed by atoms with Crippen LogP contribution in [-0.2, 0) is 19.1 Å². The summed E-state index contributed by atoms with van der Waals surface area (Å²) in [6.07, 6.45) is 1.62. The van der Waals surface area contributed by atoms with Crippen LogP contribution in [0.4, 0.5) is 0 Å². The van der Waals surface area contributed by atoms with Crippen molar-refractivity contribution >= 4 is 11.9 Å². The quantitative estimate of drug-likeness (QED) is 0.719. The Morgan fingerprint density at radius 3 is 2.59 bits per heavy atom. The predicted molar refractivity (Wildman–Crippen MR) is 59.7 cm³/mol. The van der Waals surface area contributed by atoms with Crippen LogP contribution in [0, 0.1) is 0 Å². The van der Waals surface area contributed by atoms with Gasteiger partial charge in [0.25, 0.3) is 0 Å². The van der Waals surface area contributed by atoms with Gasteiger partial charge in [0.15, 0.2) is 0 Å². The molecular formula is C11H19NO5. The molecule has 0 aromatic carbocycles. The first kappa shape index (κ1) is 13.9. The third-order valence-corrected chi connectivity index (χ3v) is 2.78.